The second-order valence-electron chi connectivity index (χ2n) is 6.91. The zero-order valence-electron chi connectivity index (χ0n) is 16.7. The van der Waals surface area contributed by atoms with Crippen LogP contribution in [0, 0.1) is 13.8 Å². The highest BCUT2D eigenvalue weighted by Crippen LogP contribution is 2.27. The molecule has 0 fully saturated rings. The Hall–Kier alpha value is -2.84. The first-order valence-electron chi connectivity index (χ1n) is 9.40. The zero-order valence-corrected chi connectivity index (χ0v) is 18.3. The van der Waals surface area contributed by atoms with Crippen molar-refractivity contribution in [2.24, 2.45) is 0 Å². The molecule has 0 aliphatic heterocycles. The van der Waals surface area contributed by atoms with Gasteiger partial charge in [0.2, 0.25) is 0 Å². The van der Waals surface area contributed by atoms with Crippen LogP contribution in [-0.2, 0) is 16.6 Å². The Morgan fingerprint density at radius 2 is 2.00 bits per heavy atom. The largest absolute Gasteiger partial charge is 0.352 e. The van der Waals surface area contributed by atoms with Crippen molar-refractivity contribution in [3.05, 3.63) is 76.8 Å². The molecule has 0 spiro atoms. The maximum absolute atomic E-state index is 12.9. The third-order valence-corrected chi connectivity index (χ3v) is 6.62. The molecule has 9 heteroatoms. The predicted octanol–water partition coefficient (Wildman–Crippen LogP) is 3.77. The van der Waals surface area contributed by atoms with E-state index < -0.39 is 10.0 Å². The summed E-state index contributed by atoms with van der Waals surface area (Å²) in [5.41, 5.74) is 2.48. The van der Waals surface area contributed by atoms with Crippen LogP contribution < -0.4 is 10.0 Å². The Kier molecular flexibility index (Phi) is 6.79. The molecule has 0 aliphatic rings. The Bertz CT molecular complexity index is 1150. The van der Waals surface area contributed by atoms with Crippen molar-refractivity contribution in [3.8, 4) is 0 Å². The van der Waals surface area contributed by atoms with Gasteiger partial charge in [0.1, 0.15) is 4.90 Å². The lowest BCUT2D eigenvalue weighted by molar-refractivity contribution is 0.0952. The van der Waals surface area contributed by atoms with E-state index in [0.29, 0.717) is 12.2 Å². The van der Waals surface area contributed by atoms with Gasteiger partial charge in [0.25, 0.3) is 15.9 Å². The summed E-state index contributed by atoms with van der Waals surface area (Å²) in [7, 11) is -3.97. The number of halogens is 1. The van der Waals surface area contributed by atoms with Crippen LogP contribution in [0.1, 0.15) is 27.9 Å². The molecule has 1 aromatic heterocycles. The molecule has 30 heavy (non-hydrogen) atoms. The summed E-state index contributed by atoms with van der Waals surface area (Å²) in [4.78, 5) is 16.3. The highest BCUT2D eigenvalue weighted by molar-refractivity contribution is 7.92. The average molecular weight is 447 g/mol. The van der Waals surface area contributed by atoms with Crippen LogP contribution in [0.3, 0.4) is 0 Å². The lowest BCUT2D eigenvalue weighted by atomic mass is 10.1. The van der Waals surface area contributed by atoms with Gasteiger partial charge in [-0.15, -0.1) is 0 Å². The summed E-state index contributed by atoms with van der Waals surface area (Å²) < 4.78 is 30.3. The number of nitrogens with zero attached hydrogens (tertiary/aromatic N) is 2. The van der Waals surface area contributed by atoms with Crippen LogP contribution in [-0.4, -0.2) is 30.4 Å². The van der Waals surface area contributed by atoms with Gasteiger partial charge >= 0.3 is 0 Å². The quantitative estimate of drug-likeness (QED) is 0.515. The normalized spacial score (nSPS) is 11.3. The van der Waals surface area contributed by atoms with E-state index >= 15 is 0 Å². The van der Waals surface area contributed by atoms with Gasteiger partial charge in [-0.1, -0.05) is 23.7 Å². The van der Waals surface area contributed by atoms with Crippen molar-refractivity contribution in [1.82, 2.24) is 14.9 Å². The number of amides is 1. The Labute approximate surface area is 181 Å². The lowest BCUT2D eigenvalue weighted by Gasteiger charge is -2.14. The first-order chi connectivity index (χ1) is 14.3. The van der Waals surface area contributed by atoms with E-state index in [4.69, 9.17) is 11.6 Å². The van der Waals surface area contributed by atoms with Crippen molar-refractivity contribution < 1.29 is 13.2 Å². The van der Waals surface area contributed by atoms with Gasteiger partial charge in [-0.2, -0.15) is 0 Å². The molecule has 0 bridgehead atoms. The number of carbonyl (C=O) groups excluding carboxylic acids is 1. The predicted molar refractivity (Wildman–Crippen MR) is 117 cm³/mol. The van der Waals surface area contributed by atoms with Crippen LogP contribution in [0.4, 0.5) is 5.69 Å². The molecule has 0 saturated heterocycles. The SMILES string of the molecule is Cc1cccc(NS(=O)(=O)c2cc(C(=O)NCCCn3ccnc3)ccc2Cl)c1C. The summed E-state index contributed by atoms with van der Waals surface area (Å²) in [6, 6.07) is 9.57. The van der Waals surface area contributed by atoms with E-state index in [1.165, 1.54) is 18.2 Å². The summed E-state index contributed by atoms with van der Waals surface area (Å²) in [6.07, 6.45) is 5.97. The zero-order chi connectivity index (χ0) is 21.7. The molecule has 0 unspecified atom stereocenters. The topological polar surface area (TPSA) is 93.1 Å². The molecule has 7 nitrogen and oxygen atoms in total. The van der Waals surface area contributed by atoms with Gasteiger partial charge in [-0.25, -0.2) is 13.4 Å². The number of rotatable bonds is 8. The summed E-state index contributed by atoms with van der Waals surface area (Å²) in [6.45, 7) is 4.91. The van der Waals surface area contributed by atoms with Crippen molar-refractivity contribution in [1.29, 1.82) is 0 Å². The fraction of sp³-hybridized carbons (Fsp3) is 0.238. The number of aromatic nitrogens is 2. The molecule has 1 amide bonds. The molecular formula is C21H23ClN4O3S. The minimum absolute atomic E-state index is 0.0458. The van der Waals surface area contributed by atoms with Gasteiger partial charge in [-0.3, -0.25) is 9.52 Å². The third-order valence-electron chi connectivity index (χ3n) is 4.77. The number of nitrogens with one attached hydrogen (secondary N) is 2. The molecule has 0 saturated carbocycles. The highest BCUT2D eigenvalue weighted by atomic mass is 35.5. The third kappa shape index (κ3) is 5.20. The first-order valence-corrected chi connectivity index (χ1v) is 11.3. The highest BCUT2D eigenvalue weighted by Gasteiger charge is 2.21. The van der Waals surface area contributed by atoms with Gasteiger partial charge in [0.05, 0.1) is 17.0 Å². The number of anilines is 1. The van der Waals surface area contributed by atoms with Gasteiger partial charge in [-0.05, 0) is 55.7 Å². The van der Waals surface area contributed by atoms with Crippen LogP contribution in [0.5, 0.6) is 0 Å². The maximum Gasteiger partial charge on any atom is 0.263 e. The van der Waals surface area contributed by atoms with Gasteiger partial charge in [0, 0.05) is 31.0 Å². The number of benzene rings is 2. The molecule has 0 atom stereocenters. The minimum atomic E-state index is -3.97. The molecule has 158 valence electrons. The van der Waals surface area contributed by atoms with Crippen molar-refractivity contribution >= 4 is 33.2 Å². The maximum atomic E-state index is 12.9. The molecule has 3 aromatic rings. The second kappa shape index (κ2) is 9.32. The van der Waals surface area contributed by atoms with E-state index in [9.17, 15) is 13.2 Å². The summed E-state index contributed by atoms with van der Waals surface area (Å²) >= 11 is 6.15. The Morgan fingerprint density at radius 3 is 2.73 bits per heavy atom. The molecule has 2 aromatic carbocycles. The van der Waals surface area contributed by atoms with Gasteiger partial charge < -0.3 is 9.88 Å². The molecular weight excluding hydrogens is 424 g/mol. The van der Waals surface area contributed by atoms with Gasteiger partial charge in [0.15, 0.2) is 0 Å². The first kappa shape index (κ1) is 21.9. The van der Waals surface area contributed by atoms with Crippen LogP contribution in [0.25, 0.3) is 0 Å². The van der Waals surface area contributed by atoms with Crippen molar-refractivity contribution in [2.75, 3.05) is 11.3 Å². The fourth-order valence-corrected chi connectivity index (χ4v) is 4.55. The van der Waals surface area contributed by atoms with Crippen LogP contribution in [0.2, 0.25) is 5.02 Å². The summed E-state index contributed by atoms with van der Waals surface area (Å²) in [5, 5.41) is 2.84. The van der Waals surface area contributed by atoms with E-state index in [1.807, 2.05) is 30.7 Å². The standard InChI is InChI=1S/C21H23ClN4O3S/c1-15-5-3-6-19(16(15)2)25-30(28,29)20-13-17(7-8-18(20)22)21(27)24-9-4-11-26-12-10-23-14-26/h3,5-8,10,12-14,25H,4,9,11H2,1-2H3,(H,24,27). The fourth-order valence-electron chi connectivity index (χ4n) is 2.90. The van der Waals surface area contributed by atoms with Crippen LogP contribution >= 0.6 is 11.6 Å². The van der Waals surface area contributed by atoms with Crippen LogP contribution in [0.15, 0.2) is 60.0 Å². The number of hydrogen-bond donors (Lipinski definition) is 2. The average Bonchev–Trinajstić information content (AvgIpc) is 3.22. The van der Waals surface area contributed by atoms with E-state index in [-0.39, 0.29) is 21.4 Å². The number of imidazole rings is 1. The second-order valence-corrected chi connectivity index (χ2v) is 8.97. The van der Waals surface area contributed by atoms with Crippen molar-refractivity contribution in [3.63, 3.8) is 0 Å². The van der Waals surface area contributed by atoms with E-state index in [0.717, 1.165) is 24.1 Å². The minimum Gasteiger partial charge on any atom is -0.352 e. The molecule has 0 radical (unpaired) electrons. The molecule has 1 heterocycles. The molecule has 0 aliphatic carbocycles. The summed E-state index contributed by atoms with van der Waals surface area (Å²) in [5.74, 6) is -0.361. The van der Waals surface area contributed by atoms with Crippen molar-refractivity contribution in [2.45, 2.75) is 31.7 Å². The smallest absolute Gasteiger partial charge is 0.263 e. The number of aryl methyl sites for hydroxylation is 2. The van der Waals surface area contributed by atoms with E-state index in [1.54, 1.807) is 24.7 Å². The number of hydrogen-bond acceptors (Lipinski definition) is 4. The molecule has 3 rings (SSSR count). The number of sulfonamides is 1. The number of carbonyl (C=O) groups is 1. The Morgan fingerprint density at radius 1 is 1.20 bits per heavy atom. The van der Waals surface area contributed by atoms with E-state index in [2.05, 4.69) is 15.0 Å². The molecule has 2 N–H and O–H groups in total. The lowest BCUT2D eigenvalue weighted by Crippen LogP contribution is -2.25. The monoisotopic (exact) mass is 446 g/mol. The Balaban J connectivity index is 1.71.